The summed E-state index contributed by atoms with van der Waals surface area (Å²) >= 11 is 0. The van der Waals surface area contributed by atoms with Crippen LogP contribution in [0.3, 0.4) is 0 Å². The van der Waals surface area contributed by atoms with Crippen LogP contribution >= 0.6 is 0 Å². The van der Waals surface area contributed by atoms with Crippen LogP contribution in [0.15, 0.2) is 89.4 Å². The van der Waals surface area contributed by atoms with Gasteiger partial charge in [0.1, 0.15) is 0 Å². The largest absolute Gasteiger partial charge is 0.403 e. The number of nitro benzene ring substituents is 1. The molecule has 1 heterocycles. The number of aromatic nitrogens is 2. The maximum absolute atomic E-state index is 12.6. The van der Waals surface area contributed by atoms with Crippen molar-refractivity contribution in [3.8, 4) is 11.5 Å². The second-order valence-corrected chi connectivity index (χ2v) is 6.99. The molecule has 0 radical (unpaired) electrons. The third-order valence-corrected chi connectivity index (χ3v) is 4.57. The molecule has 0 saturated heterocycles. The fourth-order valence-corrected chi connectivity index (χ4v) is 2.98. The van der Waals surface area contributed by atoms with Crippen molar-refractivity contribution in [1.29, 1.82) is 0 Å². The van der Waals surface area contributed by atoms with Crippen molar-refractivity contribution in [1.82, 2.24) is 10.2 Å². The molecular weight excluding hydrogens is 438 g/mol. The van der Waals surface area contributed by atoms with E-state index < -0.39 is 16.7 Å². The minimum Gasteiger partial charge on any atom is -0.403 e. The van der Waals surface area contributed by atoms with Gasteiger partial charge in [-0.25, -0.2) is 0 Å². The molecule has 10 nitrogen and oxygen atoms in total. The van der Waals surface area contributed by atoms with Crippen LogP contribution in [0.4, 0.5) is 17.4 Å². The van der Waals surface area contributed by atoms with Crippen LogP contribution in [0.2, 0.25) is 0 Å². The molecule has 1 aromatic heterocycles. The number of nitrogens with zero attached hydrogens (tertiary/aromatic N) is 3. The Balaban J connectivity index is 1.39. The first-order valence-corrected chi connectivity index (χ1v) is 10.0. The van der Waals surface area contributed by atoms with E-state index in [0.717, 1.165) is 5.56 Å². The minimum absolute atomic E-state index is 0.0572. The van der Waals surface area contributed by atoms with Crippen LogP contribution in [-0.4, -0.2) is 26.9 Å². The highest BCUT2D eigenvalue weighted by Crippen LogP contribution is 2.20. The summed E-state index contributed by atoms with van der Waals surface area (Å²) in [7, 11) is 0. The van der Waals surface area contributed by atoms with Crippen molar-refractivity contribution in [3.63, 3.8) is 0 Å². The van der Waals surface area contributed by atoms with Gasteiger partial charge in [0, 0.05) is 35.0 Å². The van der Waals surface area contributed by atoms with Crippen LogP contribution in [0.25, 0.3) is 17.5 Å². The summed E-state index contributed by atoms with van der Waals surface area (Å²) in [4.78, 5) is 35.2. The Morgan fingerprint density at radius 2 is 1.71 bits per heavy atom. The van der Waals surface area contributed by atoms with Crippen LogP contribution in [0.5, 0.6) is 0 Å². The molecule has 0 spiro atoms. The average Bonchev–Trinajstić information content (AvgIpc) is 3.32. The molecule has 0 aliphatic carbocycles. The highest BCUT2D eigenvalue weighted by atomic mass is 16.6. The summed E-state index contributed by atoms with van der Waals surface area (Å²) in [5, 5.41) is 23.8. The number of benzene rings is 3. The van der Waals surface area contributed by atoms with Crippen molar-refractivity contribution in [2.24, 2.45) is 0 Å². The summed E-state index contributed by atoms with van der Waals surface area (Å²) in [6.45, 7) is 0. The van der Waals surface area contributed by atoms with E-state index in [1.807, 2.05) is 18.2 Å². The maximum atomic E-state index is 12.6. The van der Waals surface area contributed by atoms with Crippen LogP contribution in [-0.2, 0) is 4.79 Å². The van der Waals surface area contributed by atoms with Gasteiger partial charge in [-0.05, 0) is 42.0 Å². The summed E-state index contributed by atoms with van der Waals surface area (Å²) in [5.74, 6) is -0.688. The van der Waals surface area contributed by atoms with Gasteiger partial charge in [-0.3, -0.25) is 25.0 Å². The Kier molecular flexibility index (Phi) is 6.50. The molecule has 0 fully saturated rings. The third-order valence-electron chi connectivity index (χ3n) is 4.57. The molecule has 3 aromatic carbocycles. The van der Waals surface area contributed by atoms with E-state index in [-0.39, 0.29) is 23.2 Å². The van der Waals surface area contributed by atoms with Crippen molar-refractivity contribution in [2.45, 2.75) is 0 Å². The van der Waals surface area contributed by atoms with Crippen molar-refractivity contribution in [3.05, 3.63) is 106 Å². The van der Waals surface area contributed by atoms with Crippen molar-refractivity contribution >= 4 is 35.3 Å². The zero-order chi connectivity index (χ0) is 23.9. The summed E-state index contributed by atoms with van der Waals surface area (Å²) < 4.78 is 5.48. The molecular formula is C24H17N5O5. The van der Waals surface area contributed by atoms with Crippen molar-refractivity contribution in [2.75, 3.05) is 10.6 Å². The Bertz CT molecular complexity index is 1380. The molecule has 34 heavy (non-hydrogen) atoms. The SMILES string of the molecule is O=C(/C=C/c1cccc([N+](=O)[O-])c1)Nc1cccc(C(=O)Nc2nnc(-c3ccccc3)o2)c1. The number of anilines is 2. The number of carbonyl (C=O) groups is 2. The van der Waals surface area contributed by atoms with Gasteiger partial charge in [-0.1, -0.05) is 41.5 Å². The standard InChI is InChI=1S/C24H17N5O5/c30-21(13-12-16-6-4-11-20(14-16)29(32)33)25-19-10-5-9-18(15-19)22(31)26-24-28-27-23(34-24)17-7-2-1-3-8-17/h1-15H,(H,25,30)(H,26,28,31)/b13-12+. The van der Waals surface area contributed by atoms with Gasteiger partial charge >= 0.3 is 6.01 Å². The van der Waals surface area contributed by atoms with E-state index >= 15 is 0 Å². The van der Waals surface area contributed by atoms with E-state index in [1.54, 1.807) is 36.4 Å². The van der Waals surface area contributed by atoms with E-state index in [2.05, 4.69) is 20.8 Å². The highest BCUT2D eigenvalue weighted by Gasteiger charge is 2.13. The second-order valence-electron chi connectivity index (χ2n) is 6.99. The lowest BCUT2D eigenvalue weighted by molar-refractivity contribution is -0.384. The molecule has 0 aliphatic rings. The first-order chi connectivity index (χ1) is 16.5. The number of hydrogen-bond donors (Lipinski definition) is 2. The molecule has 0 aliphatic heterocycles. The third kappa shape index (κ3) is 5.56. The molecule has 0 bridgehead atoms. The Morgan fingerprint density at radius 3 is 2.50 bits per heavy atom. The molecule has 0 saturated carbocycles. The summed E-state index contributed by atoms with van der Waals surface area (Å²) in [6, 6.07) is 21.3. The number of nitrogens with one attached hydrogen (secondary N) is 2. The Labute approximate surface area is 193 Å². The van der Waals surface area contributed by atoms with E-state index in [0.29, 0.717) is 11.3 Å². The predicted molar refractivity (Wildman–Crippen MR) is 125 cm³/mol. The number of nitro groups is 1. The lowest BCUT2D eigenvalue weighted by atomic mass is 10.1. The average molecular weight is 455 g/mol. The Morgan fingerprint density at radius 1 is 0.912 bits per heavy atom. The maximum Gasteiger partial charge on any atom is 0.322 e. The lowest BCUT2D eigenvalue weighted by Gasteiger charge is -2.05. The Hall–Kier alpha value is -5.12. The fraction of sp³-hybridized carbons (Fsp3) is 0. The number of hydrogen-bond acceptors (Lipinski definition) is 7. The molecule has 4 rings (SSSR count). The smallest absolute Gasteiger partial charge is 0.322 e. The van der Waals surface area contributed by atoms with E-state index in [4.69, 9.17) is 4.42 Å². The predicted octanol–water partition coefficient (Wildman–Crippen LogP) is 4.55. The first kappa shape index (κ1) is 22.1. The molecule has 0 atom stereocenters. The van der Waals surface area contributed by atoms with Crippen LogP contribution < -0.4 is 10.6 Å². The van der Waals surface area contributed by atoms with Gasteiger partial charge < -0.3 is 9.73 Å². The molecule has 2 amide bonds. The number of rotatable bonds is 7. The molecule has 2 N–H and O–H groups in total. The zero-order valence-electron chi connectivity index (χ0n) is 17.5. The number of amides is 2. The minimum atomic E-state index is -0.509. The first-order valence-electron chi connectivity index (χ1n) is 10.0. The lowest BCUT2D eigenvalue weighted by Crippen LogP contribution is -2.13. The van der Waals surface area contributed by atoms with Crippen molar-refractivity contribution < 1.29 is 18.9 Å². The molecule has 0 unspecified atom stereocenters. The number of non-ortho nitro benzene ring substituents is 1. The van der Waals surface area contributed by atoms with Gasteiger partial charge in [0.05, 0.1) is 4.92 Å². The van der Waals surface area contributed by atoms with Crippen LogP contribution in [0.1, 0.15) is 15.9 Å². The zero-order valence-corrected chi connectivity index (χ0v) is 17.5. The summed E-state index contributed by atoms with van der Waals surface area (Å²) in [6.07, 6.45) is 2.70. The molecule has 10 heteroatoms. The van der Waals surface area contributed by atoms with Gasteiger partial charge in [0.25, 0.3) is 11.6 Å². The van der Waals surface area contributed by atoms with Gasteiger partial charge in [0.2, 0.25) is 11.8 Å². The van der Waals surface area contributed by atoms with Crippen LogP contribution in [0, 0.1) is 10.1 Å². The van der Waals surface area contributed by atoms with E-state index in [1.165, 1.54) is 36.4 Å². The van der Waals surface area contributed by atoms with E-state index in [9.17, 15) is 19.7 Å². The quantitative estimate of drug-likeness (QED) is 0.237. The topological polar surface area (TPSA) is 140 Å². The number of carbonyl (C=O) groups excluding carboxylic acids is 2. The fourth-order valence-electron chi connectivity index (χ4n) is 2.98. The van der Waals surface area contributed by atoms with Gasteiger partial charge in [-0.15, -0.1) is 5.10 Å². The molecule has 168 valence electrons. The van der Waals surface area contributed by atoms with Gasteiger partial charge in [0.15, 0.2) is 0 Å². The second kappa shape index (κ2) is 10.0. The molecule has 4 aromatic rings. The van der Waals surface area contributed by atoms with Gasteiger partial charge in [-0.2, -0.15) is 0 Å². The monoisotopic (exact) mass is 455 g/mol. The highest BCUT2D eigenvalue weighted by molar-refractivity contribution is 6.05. The summed E-state index contributed by atoms with van der Waals surface area (Å²) in [5.41, 5.74) is 1.81. The normalized spacial score (nSPS) is 10.7.